The van der Waals surface area contributed by atoms with Crippen molar-refractivity contribution in [3.8, 4) is 0 Å². The Balaban J connectivity index is 1.97. The standard InChI is InChI=1S/C11H21N3O3S/c1-10(15)13-5-7-14(8-6-13)18(16,17)11-3-2-4-12-9-11/h11-12H,2-9H2,1H3. The smallest absolute Gasteiger partial charge is 0.219 e. The van der Waals surface area contributed by atoms with Gasteiger partial charge in [0.1, 0.15) is 0 Å². The van der Waals surface area contributed by atoms with Gasteiger partial charge < -0.3 is 10.2 Å². The van der Waals surface area contributed by atoms with E-state index in [1.165, 1.54) is 6.92 Å². The van der Waals surface area contributed by atoms with Crippen LogP contribution in [0.2, 0.25) is 0 Å². The van der Waals surface area contributed by atoms with E-state index < -0.39 is 10.0 Å². The molecule has 0 spiro atoms. The lowest BCUT2D eigenvalue weighted by Crippen LogP contribution is -2.54. The molecule has 104 valence electrons. The van der Waals surface area contributed by atoms with Crippen LogP contribution in [0.4, 0.5) is 0 Å². The third-order valence-electron chi connectivity index (χ3n) is 3.72. The van der Waals surface area contributed by atoms with Crippen LogP contribution in [-0.2, 0) is 14.8 Å². The minimum absolute atomic E-state index is 0.0198. The SMILES string of the molecule is CC(=O)N1CCN(S(=O)(=O)C2CCCNC2)CC1. The number of hydrogen-bond acceptors (Lipinski definition) is 4. The van der Waals surface area contributed by atoms with E-state index >= 15 is 0 Å². The third kappa shape index (κ3) is 2.84. The van der Waals surface area contributed by atoms with Gasteiger partial charge in [-0.25, -0.2) is 8.42 Å². The first kappa shape index (κ1) is 13.8. The Hall–Kier alpha value is -0.660. The first-order valence-electron chi connectivity index (χ1n) is 6.47. The maximum atomic E-state index is 12.4. The van der Waals surface area contributed by atoms with Crippen LogP contribution in [0.15, 0.2) is 0 Å². The molecule has 0 aromatic rings. The fourth-order valence-electron chi connectivity index (χ4n) is 2.54. The fourth-order valence-corrected chi connectivity index (χ4v) is 4.43. The summed E-state index contributed by atoms with van der Waals surface area (Å²) in [5.41, 5.74) is 0. The predicted molar refractivity (Wildman–Crippen MR) is 68.6 cm³/mol. The van der Waals surface area contributed by atoms with Gasteiger partial charge in [-0.2, -0.15) is 4.31 Å². The van der Waals surface area contributed by atoms with Crippen LogP contribution in [-0.4, -0.2) is 68.0 Å². The van der Waals surface area contributed by atoms with Crippen molar-refractivity contribution in [2.45, 2.75) is 25.0 Å². The highest BCUT2D eigenvalue weighted by molar-refractivity contribution is 7.89. The lowest BCUT2D eigenvalue weighted by Gasteiger charge is -2.36. The molecule has 2 saturated heterocycles. The van der Waals surface area contributed by atoms with Gasteiger partial charge in [0.15, 0.2) is 0 Å². The number of carbonyl (C=O) groups is 1. The zero-order chi connectivity index (χ0) is 13.2. The molecule has 2 rings (SSSR count). The van der Waals surface area contributed by atoms with Gasteiger partial charge in [-0.1, -0.05) is 0 Å². The zero-order valence-electron chi connectivity index (χ0n) is 10.8. The van der Waals surface area contributed by atoms with Crippen LogP contribution in [0.3, 0.4) is 0 Å². The second kappa shape index (κ2) is 5.54. The number of sulfonamides is 1. The summed E-state index contributed by atoms with van der Waals surface area (Å²) in [6.45, 7) is 4.86. The zero-order valence-corrected chi connectivity index (χ0v) is 11.6. The Bertz CT molecular complexity index is 396. The molecule has 0 radical (unpaired) electrons. The van der Waals surface area contributed by atoms with Crippen molar-refractivity contribution in [2.75, 3.05) is 39.3 Å². The van der Waals surface area contributed by atoms with E-state index in [-0.39, 0.29) is 11.2 Å². The number of amides is 1. The lowest BCUT2D eigenvalue weighted by atomic mass is 10.2. The van der Waals surface area contributed by atoms with Gasteiger partial charge >= 0.3 is 0 Å². The number of nitrogens with zero attached hydrogens (tertiary/aromatic N) is 2. The molecule has 2 heterocycles. The summed E-state index contributed by atoms with van der Waals surface area (Å²) in [4.78, 5) is 12.9. The maximum Gasteiger partial charge on any atom is 0.219 e. The molecular weight excluding hydrogens is 254 g/mol. The summed E-state index contributed by atoms with van der Waals surface area (Å²) < 4.78 is 26.3. The number of hydrogen-bond donors (Lipinski definition) is 1. The molecule has 1 unspecified atom stereocenters. The Morgan fingerprint density at radius 2 is 1.89 bits per heavy atom. The Morgan fingerprint density at radius 3 is 2.39 bits per heavy atom. The van der Waals surface area contributed by atoms with Crippen molar-refractivity contribution in [1.82, 2.24) is 14.5 Å². The van der Waals surface area contributed by atoms with Crippen LogP contribution < -0.4 is 5.32 Å². The first-order valence-corrected chi connectivity index (χ1v) is 7.97. The summed E-state index contributed by atoms with van der Waals surface area (Å²) in [5.74, 6) is 0.0198. The van der Waals surface area contributed by atoms with E-state index in [1.807, 2.05) is 0 Å². The quantitative estimate of drug-likeness (QED) is 0.719. The van der Waals surface area contributed by atoms with E-state index in [1.54, 1.807) is 9.21 Å². The minimum atomic E-state index is -3.20. The molecule has 2 aliphatic heterocycles. The predicted octanol–water partition coefficient (Wildman–Crippen LogP) is -0.768. The molecule has 7 heteroatoms. The van der Waals surface area contributed by atoms with E-state index in [0.29, 0.717) is 32.7 Å². The molecule has 0 bridgehead atoms. The number of piperazine rings is 1. The molecule has 0 aliphatic carbocycles. The van der Waals surface area contributed by atoms with Gasteiger partial charge in [0, 0.05) is 39.6 Å². The second-order valence-electron chi connectivity index (χ2n) is 4.92. The summed E-state index contributed by atoms with van der Waals surface area (Å²) >= 11 is 0. The largest absolute Gasteiger partial charge is 0.340 e. The van der Waals surface area contributed by atoms with Crippen LogP contribution in [0.25, 0.3) is 0 Å². The Kier molecular flexibility index (Phi) is 4.24. The van der Waals surface area contributed by atoms with Gasteiger partial charge in [-0.15, -0.1) is 0 Å². The molecule has 1 N–H and O–H groups in total. The van der Waals surface area contributed by atoms with Gasteiger partial charge in [0.25, 0.3) is 0 Å². The van der Waals surface area contributed by atoms with Crippen molar-refractivity contribution in [2.24, 2.45) is 0 Å². The molecule has 0 aromatic heterocycles. The molecule has 0 aromatic carbocycles. The summed E-state index contributed by atoms with van der Waals surface area (Å²) in [5, 5.41) is 2.84. The molecule has 1 atom stereocenters. The number of rotatable bonds is 2. The normalized spacial score (nSPS) is 27.2. The van der Waals surface area contributed by atoms with Gasteiger partial charge in [0.2, 0.25) is 15.9 Å². The molecular formula is C11H21N3O3S. The molecule has 18 heavy (non-hydrogen) atoms. The van der Waals surface area contributed by atoms with Crippen LogP contribution in [0.5, 0.6) is 0 Å². The van der Waals surface area contributed by atoms with E-state index in [2.05, 4.69) is 5.32 Å². The average molecular weight is 275 g/mol. The number of nitrogens with one attached hydrogen (secondary N) is 1. The topological polar surface area (TPSA) is 69.7 Å². The minimum Gasteiger partial charge on any atom is -0.340 e. The van der Waals surface area contributed by atoms with Crippen LogP contribution >= 0.6 is 0 Å². The lowest BCUT2D eigenvalue weighted by molar-refractivity contribution is -0.129. The summed E-state index contributed by atoms with van der Waals surface area (Å²) in [6.07, 6.45) is 1.65. The highest BCUT2D eigenvalue weighted by Crippen LogP contribution is 2.18. The summed E-state index contributed by atoms with van der Waals surface area (Å²) in [6, 6.07) is 0. The second-order valence-corrected chi connectivity index (χ2v) is 7.13. The number of carbonyl (C=O) groups excluding carboxylic acids is 1. The Labute approximate surface area is 108 Å². The van der Waals surface area contributed by atoms with E-state index in [0.717, 1.165) is 19.4 Å². The van der Waals surface area contributed by atoms with Crippen molar-refractivity contribution in [3.05, 3.63) is 0 Å². The van der Waals surface area contributed by atoms with E-state index in [4.69, 9.17) is 0 Å². The molecule has 1 amide bonds. The first-order chi connectivity index (χ1) is 8.51. The highest BCUT2D eigenvalue weighted by atomic mass is 32.2. The molecule has 0 saturated carbocycles. The van der Waals surface area contributed by atoms with Crippen molar-refractivity contribution in [1.29, 1.82) is 0 Å². The number of piperidine rings is 1. The Morgan fingerprint density at radius 1 is 1.22 bits per heavy atom. The van der Waals surface area contributed by atoms with Gasteiger partial charge in [0.05, 0.1) is 5.25 Å². The third-order valence-corrected chi connectivity index (χ3v) is 6.05. The average Bonchev–Trinajstić information content (AvgIpc) is 2.40. The van der Waals surface area contributed by atoms with Crippen LogP contribution in [0, 0.1) is 0 Å². The summed E-state index contributed by atoms with van der Waals surface area (Å²) in [7, 11) is -3.20. The maximum absolute atomic E-state index is 12.4. The molecule has 6 nitrogen and oxygen atoms in total. The fraction of sp³-hybridized carbons (Fsp3) is 0.909. The highest BCUT2D eigenvalue weighted by Gasteiger charge is 2.35. The van der Waals surface area contributed by atoms with Gasteiger partial charge in [-0.05, 0) is 19.4 Å². The van der Waals surface area contributed by atoms with E-state index in [9.17, 15) is 13.2 Å². The van der Waals surface area contributed by atoms with Crippen LogP contribution in [0.1, 0.15) is 19.8 Å². The van der Waals surface area contributed by atoms with Crippen molar-refractivity contribution >= 4 is 15.9 Å². The molecule has 2 aliphatic rings. The van der Waals surface area contributed by atoms with Crippen molar-refractivity contribution in [3.63, 3.8) is 0 Å². The molecule has 2 fully saturated rings. The van der Waals surface area contributed by atoms with Crippen molar-refractivity contribution < 1.29 is 13.2 Å². The monoisotopic (exact) mass is 275 g/mol. The van der Waals surface area contributed by atoms with Gasteiger partial charge in [-0.3, -0.25) is 4.79 Å².